The molecule has 2 aliphatic rings. The number of hydrogen-bond donors (Lipinski definition) is 2. The van der Waals surface area contributed by atoms with Crippen molar-refractivity contribution in [3.05, 3.63) is 34.9 Å². The van der Waals surface area contributed by atoms with Gasteiger partial charge in [-0.15, -0.1) is 0 Å². The Balaban J connectivity index is 1.55. The second-order valence-electron chi connectivity index (χ2n) is 5.36. The van der Waals surface area contributed by atoms with E-state index in [0.29, 0.717) is 13.0 Å². The molecule has 3 rings (SSSR count). The van der Waals surface area contributed by atoms with Crippen molar-refractivity contribution in [1.29, 1.82) is 0 Å². The van der Waals surface area contributed by atoms with Gasteiger partial charge in [0.1, 0.15) is 11.9 Å². The lowest BCUT2D eigenvalue weighted by atomic mass is 10.2. The molecular formula is C15H20N4O. The van der Waals surface area contributed by atoms with Crippen LogP contribution in [0.2, 0.25) is 0 Å². The van der Waals surface area contributed by atoms with E-state index in [1.165, 1.54) is 17.7 Å². The molecule has 1 aromatic heterocycles. The van der Waals surface area contributed by atoms with E-state index in [0.717, 1.165) is 30.9 Å². The van der Waals surface area contributed by atoms with Gasteiger partial charge in [-0.25, -0.2) is 9.97 Å². The fourth-order valence-corrected chi connectivity index (χ4v) is 2.85. The first-order valence-electron chi connectivity index (χ1n) is 7.27. The Hall–Kier alpha value is -1.75. The Kier molecular flexibility index (Phi) is 3.78. The fourth-order valence-electron chi connectivity index (χ4n) is 2.85. The van der Waals surface area contributed by atoms with Crippen LogP contribution in [0.4, 0.5) is 0 Å². The molecule has 1 aliphatic heterocycles. The minimum Gasteiger partial charge on any atom is -0.354 e. The van der Waals surface area contributed by atoms with Gasteiger partial charge in [0.05, 0.1) is 0 Å². The summed E-state index contributed by atoms with van der Waals surface area (Å²) in [5.74, 6) is 0.870. The third kappa shape index (κ3) is 2.72. The van der Waals surface area contributed by atoms with E-state index in [2.05, 4.69) is 27.5 Å². The largest absolute Gasteiger partial charge is 0.354 e. The summed E-state index contributed by atoms with van der Waals surface area (Å²) in [4.78, 5) is 21.0. The number of carbonyl (C=O) groups is 1. The number of nitrogens with zero attached hydrogens (tertiary/aromatic N) is 2. The van der Waals surface area contributed by atoms with Gasteiger partial charge in [0.15, 0.2) is 0 Å². The van der Waals surface area contributed by atoms with Gasteiger partial charge in [0.2, 0.25) is 5.91 Å². The predicted octanol–water partition coefficient (Wildman–Crippen LogP) is 0.460. The lowest BCUT2D eigenvalue weighted by Gasteiger charge is -2.11. The van der Waals surface area contributed by atoms with Gasteiger partial charge in [0.25, 0.3) is 0 Å². The van der Waals surface area contributed by atoms with Crippen molar-refractivity contribution in [1.82, 2.24) is 20.6 Å². The standard InChI is InChI=1S/C15H20N4O/c1-10-11-4-2-5-12(11)19-14(18-10)7-9-17-15(20)13-6-3-8-16-13/h3,6,13,16H,2,4-5,7-9H2,1H3,(H,17,20)/t13-/m1/s1. The maximum Gasteiger partial charge on any atom is 0.241 e. The van der Waals surface area contributed by atoms with Crippen LogP contribution < -0.4 is 10.6 Å². The van der Waals surface area contributed by atoms with E-state index in [1.807, 2.05) is 12.2 Å². The minimum atomic E-state index is -0.183. The number of rotatable bonds is 4. The van der Waals surface area contributed by atoms with Gasteiger partial charge in [-0.1, -0.05) is 12.2 Å². The number of carbonyl (C=O) groups excluding carboxylic acids is 1. The van der Waals surface area contributed by atoms with E-state index in [9.17, 15) is 4.79 Å². The van der Waals surface area contributed by atoms with Crippen LogP contribution in [0, 0.1) is 6.92 Å². The molecule has 1 atom stereocenters. The number of aryl methyl sites for hydroxylation is 2. The van der Waals surface area contributed by atoms with Gasteiger partial charge < -0.3 is 5.32 Å². The van der Waals surface area contributed by atoms with Gasteiger partial charge in [0, 0.05) is 30.9 Å². The number of nitrogens with one attached hydrogen (secondary N) is 2. The Bertz CT molecular complexity index is 553. The average Bonchev–Trinajstić information content (AvgIpc) is 3.09. The van der Waals surface area contributed by atoms with E-state index in [-0.39, 0.29) is 11.9 Å². The second-order valence-corrected chi connectivity index (χ2v) is 5.36. The van der Waals surface area contributed by atoms with Gasteiger partial charge in [-0.05, 0) is 31.7 Å². The van der Waals surface area contributed by atoms with Crippen LogP contribution in [-0.2, 0) is 24.1 Å². The summed E-state index contributed by atoms with van der Waals surface area (Å²) in [6, 6.07) is -0.183. The predicted molar refractivity (Wildman–Crippen MR) is 76.4 cm³/mol. The molecule has 0 saturated carbocycles. The highest BCUT2D eigenvalue weighted by Gasteiger charge is 2.18. The number of amides is 1. The van der Waals surface area contributed by atoms with E-state index in [4.69, 9.17) is 0 Å². The van der Waals surface area contributed by atoms with Crippen LogP contribution >= 0.6 is 0 Å². The first kappa shape index (κ1) is 13.2. The van der Waals surface area contributed by atoms with Gasteiger partial charge in [-0.2, -0.15) is 0 Å². The summed E-state index contributed by atoms with van der Waals surface area (Å²) >= 11 is 0. The van der Waals surface area contributed by atoms with Crippen LogP contribution in [0.25, 0.3) is 0 Å². The lowest BCUT2D eigenvalue weighted by molar-refractivity contribution is -0.121. The fraction of sp³-hybridized carbons (Fsp3) is 0.533. The molecule has 1 aliphatic carbocycles. The second kappa shape index (κ2) is 5.71. The Morgan fingerprint density at radius 3 is 3.15 bits per heavy atom. The molecule has 20 heavy (non-hydrogen) atoms. The summed E-state index contributed by atoms with van der Waals surface area (Å²) in [5.41, 5.74) is 3.64. The smallest absolute Gasteiger partial charge is 0.241 e. The average molecular weight is 272 g/mol. The molecule has 0 aromatic carbocycles. The Morgan fingerprint density at radius 1 is 1.45 bits per heavy atom. The zero-order chi connectivity index (χ0) is 13.9. The summed E-state index contributed by atoms with van der Waals surface area (Å²) in [5, 5.41) is 6.02. The zero-order valence-corrected chi connectivity index (χ0v) is 11.8. The van der Waals surface area contributed by atoms with Crippen LogP contribution in [0.5, 0.6) is 0 Å². The van der Waals surface area contributed by atoms with Gasteiger partial charge in [-0.3, -0.25) is 10.1 Å². The van der Waals surface area contributed by atoms with Crippen molar-refractivity contribution in [3.63, 3.8) is 0 Å². The molecule has 5 nitrogen and oxygen atoms in total. The first-order chi connectivity index (χ1) is 9.74. The van der Waals surface area contributed by atoms with Crippen molar-refractivity contribution < 1.29 is 4.79 Å². The molecule has 2 heterocycles. The molecule has 0 fully saturated rings. The molecule has 1 aromatic rings. The highest BCUT2D eigenvalue weighted by atomic mass is 16.2. The van der Waals surface area contributed by atoms with E-state index >= 15 is 0 Å². The summed E-state index contributed by atoms with van der Waals surface area (Å²) < 4.78 is 0. The molecule has 5 heteroatoms. The van der Waals surface area contributed by atoms with Crippen molar-refractivity contribution in [2.24, 2.45) is 0 Å². The number of hydrogen-bond acceptors (Lipinski definition) is 4. The minimum absolute atomic E-state index is 0.0247. The van der Waals surface area contributed by atoms with Crippen molar-refractivity contribution >= 4 is 5.91 Å². The maximum atomic E-state index is 11.8. The van der Waals surface area contributed by atoms with Crippen molar-refractivity contribution in [2.75, 3.05) is 13.1 Å². The molecule has 0 spiro atoms. The SMILES string of the molecule is Cc1nc(CCNC(=O)[C@H]2C=CCN2)nc2c1CCC2. The maximum absolute atomic E-state index is 11.8. The number of aromatic nitrogens is 2. The van der Waals surface area contributed by atoms with Crippen LogP contribution in [0.15, 0.2) is 12.2 Å². The number of fused-ring (bicyclic) bond motifs is 1. The summed E-state index contributed by atoms with van der Waals surface area (Å²) in [6.07, 6.45) is 7.91. The van der Waals surface area contributed by atoms with Crippen LogP contribution in [0.1, 0.15) is 29.2 Å². The Labute approximate surface area is 118 Å². The highest BCUT2D eigenvalue weighted by molar-refractivity contribution is 5.84. The molecule has 1 amide bonds. The van der Waals surface area contributed by atoms with Crippen LogP contribution in [0.3, 0.4) is 0 Å². The quantitative estimate of drug-likeness (QED) is 0.782. The zero-order valence-electron chi connectivity index (χ0n) is 11.8. The van der Waals surface area contributed by atoms with E-state index in [1.54, 1.807) is 0 Å². The molecule has 0 saturated heterocycles. The third-order valence-electron chi connectivity index (χ3n) is 3.90. The monoisotopic (exact) mass is 272 g/mol. The van der Waals surface area contributed by atoms with E-state index < -0.39 is 0 Å². The molecular weight excluding hydrogens is 252 g/mol. The molecule has 0 unspecified atom stereocenters. The highest BCUT2D eigenvalue weighted by Crippen LogP contribution is 2.22. The van der Waals surface area contributed by atoms with Gasteiger partial charge >= 0.3 is 0 Å². The normalized spacial score (nSPS) is 20.1. The first-order valence-corrected chi connectivity index (χ1v) is 7.27. The Morgan fingerprint density at radius 2 is 2.35 bits per heavy atom. The summed E-state index contributed by atoms with van der Waals surface area (Å²) in [7, 11) is 0. The molecule has 106 valence electrons. The van der Waals surface area contributed by atoms with Crippen molar-refractivity contribution in [3.8, 4) is 0 Å². The lowest BCUT2D eigenvalue weighted by Crippen LogP contribution is -2.41. The van der Waals surface area contributed by atoms with Crippen LogP contribution in [-0.4, -0.2) is 35.0 Å². The molecule has 2 N–H and O–H groups in total. The molecule has 0 bridgehead atoms. The topological polar surface area (TPSA) is 66.9 Å². The third-order valence-corrected chi connectivity index (χ3v) is 3.90. The summed E-state index contributed by atoms with van der Waals surface area (Å²) in [6.45, 7) is 3.41. The van der Waals surface area contributed by atoms with Crippen molar-refractivity contribution in [2.45, 2.75) is 38.6 Å². The molecule has 0 radical (unpaired) electrons.